The first-order chi connectivity index (χ1) is 9.27. The van der Waals surface area contributed by atoms with Crippen molar-refractivity contribution in [3.63, 3.8) is 0 Å². The molecular formula is C16H21NO2. The van der Waals surface area contributed by atoms with Crippen LogP contribution in [-0.4, -0.2) is 28.2 Å². The number of fused-ring (bicyclic) bond motifs is 1. The van der Waals surface area contributed by atoms with Crippen LogP contribution in [0.2, 0.25) is 0 Å². The van der Waals surface area contributed by atoms with Gasteiger partial charge < -0.3 is 10.0 Å². The van der Waals surface area contributed by atoms with Gasteiger partial charge in [-0.15, -0.1) is 0 Å². The van der Waals surface area contributed by atoms with Gasteiger partial charge in [-0.3, -0.25) is 4.79 Å². The Morgan fingerprint density at radius 1 is 1.05 bits per heavy atom. The molecule has 1 saturated carbocycles. The molecule has 102 valence electrons. The molecule has 3 unspecified atom stereocenters. The van der Waals surface area contributed by atoms with E-state index in [1.54, 1.807) is 4.90 Å². The molecule has 1 aromatic rings. The Labute approximate surface area is 114 Å². The van der Waals surface area contributed by atoms with E-state index in [-0.39, 0.29) is 11.9 Å². The molecule has 3 atom stereocenters. The summed E-state index contributed by atoms with van der Waals surface area (Å²) < 4.78 is 0. The number of aliphatic hydroxyl groups excluding tert-OH is 1. The minimum Gasteiger partial charge on any atom is -0.374 e. The predicted octanol–water partition coefficient (Wildman–Crippen LogP) is 2.80. The van der Waals surface area contributed by atoms with Gasteiger partial charge in [-0.2, -0.15) is 0 Å². The molecule has 1 aliphatic heterocycles. The number of benzene rings is 1. The number of hydrogen-bond donors (Lipinski definition) is 1. The Morgan fingerprint density at radius 3 is 2.58 bits per heavy atom. The van der Waals surface area contributed by atoms with Crippen LogP contribution >= 0.6 is 0 Å². The first-order valence-corrected chi connectivity index (χ1v) is 7.33. The summed E-state index contributed by atoms with van der Waals surface area (Å²) in [5.41, 5.74) is 0.688. The largest absolute Gasteiger partial charge is 0.374 e. The predicted molar refractivity (Wildman–Crippen MR) is 73.6 cm³/mol. The number of piperidine rings is 1. The molecule has 1 heterocycles. The first-order valence-electron chi connectivity index (χ1n) is 7.33. The average Bonchev–Trinajstić information content (AvgIpc) is 2.47. The van der Waals surface area contributed by atoms with E-state index in [0.717, 1.165) is 19.3 Å². The summed E-state index contributed by atoms with van der Waals surface area (Å²) in [4.78, 5) is 14.4. The summed E-state index contributed by atoms with van der Waals surface area (Å²) in [5.74, 6) is 0.578. The topological polar surface area (TPSA) is 40.5 Å². The lowest BCUT2D eigenvalue weighted by Crippen LogP contribution is -2.54. The molecule has 0 radical (unpaired) electrons. The van der Waals surface area contributed by atoms with Crippen molar-refractivity contribution in [1.82, 2.24) is 4.90 Å². The van der Waals surface area contributed by atoms with E-state index in [2.05, 4.69) is 0 Å². The van der Waals surface area contributed by atoms with Crippen molar-refractivity contribution in [1.29, 1.82) is 0 Å². The summed E-state index contributed by atoms with van der Waals surface area (Å²) in [6, 6.07) is 9.57. The van der Waals surface area contributed by atoms with Crippen LogP contribution in [0.25, 0.3) is 0 Å². The highest BCUT2D eigenvalue weighted by Crippen LogP contribution is 2.37. The first kappa shape index (κ1) is 12.7. The quantitative estimate of drug-likeness (QED) is 0.842. The zero-order valence-corrected chi connectivity index (χ0v) is 11.2. The van der Waals surface area contributed by atoms with Gasteiger partial charge in [0, 0.05) is 11.6 Å². The maximum atomic E-state index is 12.6. The minimum atomic E-state index is -0.605. The lowest BCUT2D eigenvalue weighted by molar-refractivity contribution is -0.0669. The average molecular weight is 259 g/mol. The molecule has 3 nitrogen and oxygen atoms in total. The fraction of sp³-hybridized carbons (Fsp3) is 0.562. The lowest BCUT2D eigenvalue weighted by atomic mass is 9.77. The Bertz CT molecular complexity index is 445. The Hall–Kier alpha value is -1.35. The van der Waals surface area contributed by atoms with Crippen LogP contribution in [0.15, 0.2) is 30.3 Å². The molecule has 3 rings (SSSR count). The summed E-state index contributed by atoms with van der Waals surface area (Å²) in [6.45, 7) is 0. The van der Waals surface area contributed by atoms with E-state index in [1.165, 1.54) is 19.3 Å². The third-order valence-electron chi connectivity index (χ3n) is 4.60. The van der Waals surface area contributed by atoms with Crippen LogP contribution in [0.3, 0.4) is 0 Å². The number of likely N-dealkylation sites (tertiary alicyclic amines) is 1. The zero-order chi connectivity index (χ0) is 13.2. The summed E-state index contributed by atoms with van der Waals surface area (Å²) in [7, 11) is 0. The maximum absolute atomic E-state index is 12.6. The fourth-order valence-corrected chi connectivity index (χ4v) is 3.63. The van der Waals surface area contributed by atoms with Gasteiger partial charge in [-0.1, -0.05) is 31.0 Å². The summed E-state index contributed by atoms with van der Waals surface area (Å²) >= 11 is 0. The molecule has 19 heavy (non-hydrogen) atoms. The highest BCUT2D eigenvalue weighted by Gasteiger charge is 2.40. The van der Waals surface area contributed by atoms with Crippen molar-refractivity contribution in [2.75, 3.05) is 0 Å². The SMILES string of the molecule is O=C(c1ccccc1)N1C(O)CCC2CCCCC21. The van der Waals surface area contributed by atoms with Crippen LogP contribution in [-0.2, 0) is 0 Å². The second-order valence-corrected chi connectivity index (χ2v) is 5.75. The van der Waals surface area contributed by atoms with Gasteiger partial charge in [0.15, 0.2) is 0 Å². The lowest BCUT2D eigenvalue weighted by Gasteiger charge is -2.46. The van der Waals surface area contributed by atoms with Crippen LogP contribution in [0, 0.1) is 5.92 Å². The van der Waals surface area contributed by atoms with Crippen molar-refractivity contribution < 1.29 is 9.90 Å². The number of carbonyl (C=O) groups excluding carboxylic acids is 1. The van der Waals surface area contributed by atoms with Crippen molar-refractivity contribution in [2.45, 2.75) is 50.8 Å². The molecule has 1 amide bonds. The summed E-state index contributed by atoms with van der Waals surface area (Å²) in [6.07, 6.45) is 5.87. The fourth-order valence-electron chi connectivity index (χ4n) is 3.63. The van der Waals surface area contributed by atoms with E-state index in [1.807, 2.05) is 30.3 Å². The second-order valence-electron chi connectivity index (χ2n) is 5.75. The van der Waals surface area contributed by atoms with Crippen molar-refractivity contribution in [2.24, 2.45) is 5.92 Å². The number of aliphatic hydroxyl groups is 1. The van der Waals surface area contributed by atoms with Crippen LogP contribution in [0.1, 0.15) is 48.9 Å². The van der Waals surface area contributed by atoms with Gasteiger partial charge in [-0.05, 0) is 43.7 Å². The second kappa shape index (κ2) is 5.33. The standard InChI is InChI=1S/C16H21NO2/c18-15-11-10-12-6-4-5-9-14(12)17(15)16(19)13-7-2-1-3-8-13/h1-3,7-8,12,14-15,18H,4-6,9-11H2. The van der Waals surface area contributed by atoms with Gasteiger partial charge >= 0.3 is 0 Å². The number of carbonyl (C=O) groups is 1. The van der Waals surface area contributed by atoms with Gasteiger partial charge in [0.05, 0.1) is 0 Å². The molecule has 0 spiro atoms. The van der Waals surface area contributed by atoms with Crippen LogP contribution in [0.4, 0.5) is 0 Å². The van der Waals surface area contributed by atoms with Gasteiger partial charge in [0.25, 0.3) is 5.91 Å². The highest BCUT2D eigenvalue weighted by molar-refractivity contribution is 5.94. The highest BCUT2D eigenvalue weighted by atomic mass is 16.3. The molecule has 1 aromatic carbocycles. The van der Waals surface area contributed by atoms with Gasteiger partial charge in [-0.25, -0.2) is 0 Å². The van der Waals surface area contributed by atoms with E-state index in [0.29, 0.717) is 11.5 Å². The number of amides is 1. The number of nitrogens with zero attached hydrogens (tertiary/aromatic N) is 1. The van der Waals surface area contributed by atoms with Crippen molar-refractivity contribution in [3.05, 3.63) is 35.9 Å². The molecule has 1 saturated heterocycles. The van der Waals surface area contributed by atoms with Crippen molar-refractivity contribution >= 4 is 5.91 Å². The van der Waals surface area contributed by atoms with Crippen molar-refractivity contribution in [3.8, 4) is 0 Å². The van der Waals surface area contributed by atoms with E-state index in [9.17, 15) is 9.90 Å². The Morgan fingerprint density at radius 2 is 1.79 bits per heavy atom. The van der Waals surface area contributed by atoms with Gasteiger partial charge in [0.2, 0.25) is 0 Å². The summed E-state index contributed by atoms with van der Waals surface area (Å²) in [5, 5.41) is 10.2. The third-order valence-corrected chi connectivity index (χ3v) is 4.60. The smallest absolute Gasteiger partial charge is 0.256 e. The molecule has 1 N–H and O–H groups in total. The van der Waals surface area contributed by atoms with Gasteiger partial charge in [0.1, 0.15) is 6.23 Å². The Balaban J connectivity index is 1.86. The number of hydrogen-bond acceptors (Lipinski definition) is 2. The minimum absolute atomic E-state index is 0.00954. The molecule has 0 aromatic heterocycles. The Kier molecular flexibility index (Phi) is 3.56. The maximum Gasteiger partial charge on any atom is 0.256 e. The molecular weight excluding hydrogens is 238 g/mol. The molecule has 0 bridgehead atoms. The molecule has 3 heteroatoms. The third kappa shape index (κ3) is 2.39. The normalized spacial score (nSPS) is 30.8. The van der Waals surface area contributed by atoms with E-state index in [4.69, 9.17) is 0 Å². The molecule has 1 aliphatic carbocycles. The van der Waals surface area contributed by atoms with E-state index < -0.39 is 6.23 Å². The molecule has 2 aliphatic rings. The monoisotopic (exact) mass is 259 g/mol. The molecule has 2 fully saturated rings. The zero-order valence-electron chi connectivity index (χ0n) is 11.2. The number of rotatable bonds is 1. The van der Waals surface area contributed by atoms with E-state index >= 15 is 0 Å². The van der Waals surface area contributed by atoms with Crippen LogP contribution < -0.4 is 0 Å². The van der Waals surface area contributed by atoms with Crippen LogP contribution in [0.5, 0.6) is 0 Å².